The summed E-state index contributed by atoms with van der Waals surface area (Å²) in [6, 6.07) is 5.72. The van der Waals surface area contributed by atoms with E-state index in [4.69, 9.17) is 12.2 Å². The third-order valence-corrected chi connectivity index (χ3v) is 4.71. The van der Waals surface area contributed by atoms with Gasteiger partial charge in [-0.2, -0.15) is 0 Å². The molecule has 0 aliphatic heterocycles. The number of terminal acetylenes is 1. The maximum absolute atomic E-state index is 12.0. The predicted octanol–water partition coefficient (Wildman–Crippen LogP) is 2.98. The Kier molecular flexibility index (Phi) is 5.97. The molecule has 108 valence electrons. The molecule has 0 atom stereocenters. The minimum atomic E-state index is -0.525. The van der Waals surface area contributed by atoms with Crippen molar-refractivity contribution in [1.29, 1.82) is 0 Å². The number of amides is 1. The Labute approximate surface area is 125 Å². The number of carbonyl (C=O) groups excluding carboxylic acids is 1. The maximum atomic E-state index is 12.0. The van der Waals surface area contributed by atoms with Crippen molar-refractivity contribution in [1.82, 2.24) is 5.32 Å². The third kappa shape index (κ3) is 3.94. The molecule has 3 nitrogen and oxygen atoms in total. The first-order valence-corrected chi connectivity index (χ1v) is 7.73. The Hall–Kier alpha value is -1.60. The smallest absolute Gasteiger partial charge is 0.231 e. The first-order valence-electron chi connectivity index (χ1n) is 6.74. The van der Waals surface area contributed by atoms with Crippen LogP contribution < -0.4 is 11.1 Å². The van der Waals surface area contributed by atoms with E-state index < -0.39 is 5.54 Å². The lowest BCUT2D eigenvalue weighted by molar-refractivity contribution is -0.119. The Bertz CT molecular complexity index is 516. The van der Waals surface area contributed by atoms with Gasteiger partial charge < -0.3 is 11.1 Å². The standard InChI is InChI=1S/C16H22N2OS/c1-5-16(6-2,7-3)18-15(19)11-20-14-10-8-9-13(17)12(14)4/h1,8-10H,6-7,11,17H2,2-4H3,(H,18,19). The zero-order valence-corrected chi connectivity index (χ0v) is 13.1. The van der Waals surface area contributed by atoms with Gasteiger partial charge in [0.1, 0.15) is 5.54 Å². The second-order valence-corrected chi connectivity index (χ2v) is 5.76. The fourth-order valence-electron chi connectivity index (χ4n) is 1.90. The molecule has 0 aliphatic carbocycles. The van der Waals surface area contributed by atoms with Gasteiger partial charge in [0.05, 0.1) is 5.75 Å². The lowest BCUT2D eigenvalue weighted by Gasteiger charge is -2.27. The van der Waals surface area contributed by atoms with E-state index in [1.807, 2.05) is 39.0 Å². The monoisotopic (exact) mass is 290 g/mol. The maximum Gasteiger partial charge on any atom is 0.231 e. The zero-order chi connectivity index (χ0) is 15.2. The molecule has 0 radical (unpaired) electrons. The molecule has 1 aromatic rings. The van der Waals surface area contributed by atoms with Gasteiger partial charge in [0.25, 0.3) is 0 Å². The number of hydrogen-bond acceptors (Lipinski definition) is 3. The molecule has 0 fully saturated rings. The van der Waals surface area contributed by atoms with Crippen LogP contribution in [0.3, 0.4) is 0 Å². The molecular formula is C16H22N2OS. The minimum Gasteiger partial charge on any atom is -0.398 e. The molecule has 0 aromatic heterocycles. The van der Waals surface area contributed by atoms with Crippen molar-refractivity contribution in [2.24, 2.45) is 0 Å². The van der Waals surface area contributed by atoms with Crippen LogP contribution in [-0.4, -0.2) is 17.2 Å². The molecule has 0 aliphatic rings. The molecule has 0 saturated carbocycles. The molecule has 0 spiro atoms. The van der Waals surface area contributed by atoms with Crippen LogP contribution in [0.25, 0.3) is 0 Å². The van der Waals surface area contributed by atoms with Crippen molar-refractivity contribution in [2.75, 3.05) is 11.5 Å². The highest BCUT2D eigenvalue weighted by molar-refractivity contribution is 8.00. The van der Waals surface area contributed by atoms with Gasteiger partial charge >= 0.3 is 0 Å². The van der Waals surface area contributed by atoms with E-state index in [1.165, 1.54) is 11.8 Å². The van der Waals surface area contributed by atoms with Crippen molar-refractivity contribution in [3.05, 3.63) is 23.8 Å². The van der Waals surface area contributed by atoms with Crippen molar-refractivity contribution < 1.29 is 4.79 Å². The molecule has 0 saturated heterocycles. The van der Waals surface area contributed by atoms with Crippen LogP contribution >= 0.6 is 11.8 Å². The number of hydrogen-bond donors (Lipinski definition) is 2. The number of nitrogens with one attached hydrogen (secondary N) is 1. The summed E-state index contributed by atoms with van der Waals surface area (Å²) in [6.45, 7) is 5.93. The molecule has 1 amide bonds. The van der Waals surface area contributed by atoms with E-state index in [1.54, 1.807) is 0 Å². The fraction of sp³-hybridized carbons (Fsp3) is 0.438. The topological polar surface area (TPSA) is 55.1 Å². The Morgan fingerprint density at radius 3 is 2.65 bits per heavy atom. The van der Waals surface area contributed by atoms with Gasteiger partial charge in [-0.15, -0.1) is 18.2 Å². The largest absolute Gasteiger partial charge is 0.398 e. The van der Waals surface area contributed by atoms with Gasteiger partial charge in [0.2, 0.25) is 5.91 Å². The third-order valence-electron chi connectivity index (χ3n) is 3.55. The first-order chi connectivity index (χ1) is 9.48. The summed E-state index contributed by atoms with van der Waals surface area (Å²) < 4.78 is 0. The van der Waals surface area contributed by atoms with Crippen molar-refractivity contribution in [3.63, 3.8) is 0 Å². The number of nitrogen functional groups attached to an aromatic ring is 1. The van der Waals surface area contributed by atoms with E-state index in [9.17, 15) is 4.79 Å². The summed E-state index contributed by atoms with van der Waals surface area (Å²) in [5.74, 6) is 3.00. The number of carbonyl (C=O) groups is 1. The summed E-state index contributed by atoms with van der Waals surface area (Å²) in [7, 11) is 0. The molecule has 4 heteroatoms. The van der Waals surface area contributed by atoms with Crippen molar-refractivity contribution >= 4 is 23.4 Å². The normalized spacial score (nSPS) is 10.9. The van der Waals surface area contributed by atoms with Gasteiger partial charge in [-0.05, 0) is 37.5 Å². The predicted molar refractivity (Wildman–Crippen MR) is 86.6 cm³/mol. The fourth-order valence-corrected chi connectivity index (χ4v) is 2.77. The lowest BCUT2D eigenvalue weighted by Crippen LogP contribution is -2.47. The van der Waals surface area contributed by atoms with Crippen molar-refractivity contribution in [3.8, 4) is 12.3 Å². The van der Waals surface area contributed by atoms with Gasteiger partial charge in [0, 0.05) is 10.6 Å². The van der Waals surface area contributed by atoms with Gasteiger partial charge in [-0.1, -0.05) is 25.8 Å². The van der Waals surface area contributed by atoms with Crippen LogP contribution in [0.5, 0.6) is 0 Å². The second-order valence-electron chi connectivity index (χ2n) is 4.74. The van der Waals surface area contributed by atoms with E-state index in [-0.39, 0.29) is 5.91 Å². The number of anilines is 1. The molecule has 20 heavy (non-hydrogen) atoms. The van der Waals surface area contributed by atoms with Crippen LogP contribution in [0.1, 0.15) is 32.3 Å². The average Bonchev–Trinajstić information content (AvgIpc) is 2.46. The van der Waals surface area contributed by atoms with Crippen LogP contribution in [-0.2, 0) is 4.79 Å². The first kappa shape index (κ1) is 16.5. The molecule has 1 rings (SSSR count). The number of nitrogens with two attached hydrogens (primary N) is 1. The highest BCUT2D eigenvalue weighted by Crippen LogP contribution is 2.26. The van der Waals surface area contributed by atoms with Crippen LogP contribution in [0.4, 0.5) is 5.69 Å². The molecule has 3 N–H and O–H groups in total. The van der Waals surface area contributed by atoms with Gasteiger partial charge in [0.15, 0.2) is 0 Å². The van der Waals surface area contributed by atoms with Crippen LogP contribution in [0, 0.1) is 19.3 Å². The minimum absolute atomic E-state index is 0.0431. The summed E-state index contributed by atoms with van der Waals surface area (Å²) in [5.41, 5.74) is 7.09. The Morgan fingerprint density at radius 1 is 1.45 bits per heavy atom. The lowest BCUT2D eigenvalue weighted by atomic mass is 9.94. The highest BCUT2D eigenvalue weighted by atomic mass is 32.2. The van der Waals surface area contributed by atoms with Gasteiger partial charge in [-0.25, -0.2) is 0 Å². The molecular weight excluding hydrogens is 268 g/mol. The number of thioether (sulfide) groups is 1. The van der Waals surface area contributed by atoms with E-state index in [0.717, 1.165) is 29.0 Å². The van der Waals surface area contributed by atoms with Gasteiger partial charge in [-0.3, -0.25) is 4.79 Å². The van der Waals surface area contributed by atoms with E-state index >= 15 is 0 Å². The Morgan fingerprint density at radius 2 is 2.10 bits per heavy atom. The van der Waals surface area contributed by atoms with E-state index in [2.05, 4.69) is 11.2 Å². The zero-order valence-electron chi connectivity index (χ0n) is 12.3. The second kappa shape index (κ2) is 7.25. The summed E-state index contributed by atoms with van der Waals surface area (Å²) >= 11 is 1.48. The Balaban J connectivity index is 2.64. The molecule has 0 bridgehead atoms. The summed E-state index contributed by atoms with van der Waals surface area (Å²) in [5, 5.41) is 2.96. The molecule has 0 heterocycles. The molecule has 1 aromatic carbocycles. The van der Waals surface area contributed by atoms with Crippen LogP contribution in [0.15, 0.2) is 23.1 Å². The highest BCUT2D eigenvalue weighted by Gasteiger charge is 2.25. The number of rotatable bonds is 6. The summed E-state index contributed by atoms with van der Waals surface area (Å²) in [4.78, 5) is 13.1. The quantitative estimate of drug-likeness (QED) is 0.481. The number of benzene rings is 1. The average molecular weight is 290 g/mol. The van der Waals surface area contributed by atoms with Crippen LogP contribution in [0.2, 0.25) is 0 Å². The SMILES string of the molecule is C#CC(CC)(CC)NC(=O)CSc1cccc(N)c1C. The van der Waals surface area contributed by atoms with E-state index in [0.29, 0.717) is 5.75 Å². The van der Waals surface area contributed by atoms with Crippen molar-refractivity contribution in [2.45, 2.75) is 44.0 Å². The molecule has 0 unspecified atom stereocenters. The summed E-state index contributed by atoms with van der Waals surface area (Å²) in [6.07, 6.45) is 7.00.